The van der Waals surface area contributed by atoms with Crippen LogP contribution in [0.3, 0.4) is 0 Å². The highest BCUT2D eigenvalue weighted by molar-refractivity contribution is 6.00. The van der Waals surface area contributed by atoms with Gasteiger partial charge in [-0.05, 0) is 42.8 Å². The molecular formula is C25H30N4O5. The summed E-state index contributed by atoms with van der Waals surface area (Å²) in [7, 11) is 1.61. The van der Waals surface area contributed by atoms with E-state index in [-0.39, 0.29) is 11.8 Å². The van der Waals surface area contributed by atoms with Crippen molar-refractivity contribution in [3.63, 3.8) is 0 Å². The zero-order valence-electron chi connectivity index (χ0n) is 19.3. The van der Waals surface area contributed by atoms with Crippen molar-refractivity contribution in [1.29, 1.82) is 0 Å². The third-order valence-corrected chi connectivity index (χ3v) is 6.31. The average Bonchev–Trinajstić information content (AvgIpc) is 3.28. The fraction of sp³-hybridized carbons (Fsp3) is 0.400. The molecule has 2 aromatic rings. The highest BCUT2D eigenvalue weighted by Crippen LogP contribution is 2.26. The largest absolute Gasteiger partial charge is 0.497 e. The summed E-state index contributed by atoms with van der Waals surface area (Å²) in [6.45, 7) is 2.71. The second-order valence-corrected chi connectivity index (χ2v) is 8.39. The Hall–Kier alpha value is -3.75. The number of carbonyl (C=O) groups is 3. The molecule has 2 aromatic carbocycles. The lowest BCUT2D eigenvalue weighted by atomic mass is 10.1. The number of nitrogens with two attached hydrogens (primary N) is 1. The number of piperazine rings is 1. The van der Waals surface area contributed by atoms with Crippen LogP contribution in [0.4, 0.5) is 5.69 Å². The molecule has 0 saturated carbocycles. The summed E-state index contributed by atoms with van der Waals surface area (Å²) in [5.41, 5.74) is 7.02. The molecule has 1 atom stereocenters. The number of hydrogen-bond donors (Lipinski definition) is 1. The fourth-order valence-electron chi connectivity index (χ4n) is 4.43. The number of nitrogens with zero attached hydrogens (tertiary/aromatic N) is 3. The van der Waals surface area contributed by atoms with Gasteiger partial charge in [-0.2, -0.15) is 0 Å². The Morgan fingerprint density at radius 3 is 2.50 bits per heavy atom. The number of hydrogen-bond acceptors (Lipinski definition) is 6. The molecule has 2 fully saturated rings. The number of primary amides is 1. The van der Waals surface area contributed by atoms with Gasteiger partial charge in [0.2, 0.25) is 11.8 Å². The van der Waals surface area contributed by atoms with Crippen molar-refractivity contribution in [1.82, 2.24) is 9.80 Å². The highest BCUT2D eigenvalue weighted by atomic mass is 16.5. The maximum atomic E-state index is 13.5. The number of likely N-dealkylation sites (tertiary alicyclic amines) is 1. The van der Waals surface area contributed by atoms with E-state index >= 15 is 0 Å². The molecule has 4 rings (SSSR count). The number of anilines is 1. The highest BCUT2D eigenvalue weighted by Gasteiger charge is 2.35. The van der Waals surface area contributed by atoms with E-state index in [4.69, 9.17) is 15.2 Å². The molecule has 2 saturated heterocycles. The zero-order chi connectivity index (χ0) is 24.1. The Morgan fingerprint density at radius 1 is 1.06 bits per heavy atom. The van der Waals surface area contributed by atoms with Gasteiger partial charge in [-0.1, -0.05) is 12.1 Å². The van der Waals surface area contributed by atoms with Gasteiger partial charge in [-0.3, -0.25) is 14.4 Å². The number of amides is 3. The maximum Gasteiger partial charge on any atom is 0.258 e. The van der Waals surface area contributed by atoms with Gasteiger partial charge in [0, 0.05) is 38.3 Å². The molecule has 2 N–H and O–H groups in total. The van der Waals surface area contributed by atoms with E-state index in [1.165, 1.54) is 4.90 Å². The van der Waals surface area contributed by atoms with E-state index in [0.29, 0.717) is 50.5 Å². The van der Waals surface area contributed by atoms with E-state index in [1.54, 1.807) is 36.3 Å². The molecule has 9 heteroatoms. The van der Waals surface area contributed by atoms with Crippen molar-refractivity contribution in [3.8, 4) is 11.5 Å². The Labute approximate surface area is 199 Å². The summed E-state index contributed by atoms with van der Waals surface area (Å²) in [6, 6.07) is 13.7. The smallest absolute Gasteiger partial charge is 0.258 e. The Balaban J connectivity index is 1.45. The van der Waals surface area contributed by atoms with Gasteiger partial charge in [0.15, 0.2) is 0 Å². The first-order valence-corrected chi connectivity index (χ1v) is 11.5. The second kappa shape index (κ2) is 10.5. The van der Waals surface area contributed by atoms with Crippen LogP contribution in [-0.4, -0.2) is 80.0 Å². The normalized spacial score (nSPS) is 18.2. The van der Waals surface area contributed by atoms with Crippen LogP contribution in [0.1, 0.15) is 23.2 Å². The first-order valence-electron chi connectivity index (χ1n) is 11.5. The van der Waals surface area contributed by atoms with Crippen molar-refractivity contribution in [2.24, 2.45) is 5.73 Å². The molecule has 2 heterocycles. The van der Waals surface area contributed by atoms with Gasteiger partial charge in [0.25, 0.3) is 5.91 Å². The van der Waals surface area contributed by atoms with Crippen LogP contribution in [0.5, 0.6) is 11.5 Å². The van der Waals surface area contributed by atoms with Crippen molar-refractivity contribution in [2.45, 2.75) is 18.9 Å². The lowest BCUT2D eigenvalue weighted by Gasteiger charge is -2.41. The number of carbonyl (C=O) groups excluding carboxylic acids is 3. The van der Waals surface area contributed by atoms with Crippen molar-refractivity contribution in [2.75, 3.05) is 51.3 Å². The number of methoxy groups -OCH3 is 1. The van der Waals surface area contributed by atoms with Crippen LogP contribution in [0.25, 0.3) is 0 Å². The minimum Gasteiger partial charge on any atom is -0.497 e. The number of para-hydroxylation sites is 1. The van der Waals surface area contributed by atoms with Gasteiger partial charge in [-0.25, -0.2) is 0 Å². The summed E-state index contributed by atoms with van der Waals surface area (Å²) in [4.78, 5) is 42.9. The summed E-state index contributed by atoms with van der Waals surface area (Å²) in [5.74, 6) is 0.449. The monoisotopic (exact) mass is 466 g/mol. The number of ether oxygens (including phenoxy) is 2. The van der Waals surface area contributed by atoms with Crippen LogP contribution in [0, 0.1) is 0 Å². The fourth-order valence-corrected chi connectivity index (χ4v) is 4.43. The molecule has 2 aliphatic heterocycles. The Bertz CT molecular complexity index is 1040. The van der Waals surface area contributed by atoms with E-state index in [0.717, 1.165) is 24.4 Å². The molecular weight excluding hydrogens is 436 g/mol. The van der Waals surface area contributed by atoms with E-state index < -0.39 is 11.9 Å². The van der Waals surface area contributed by atoms with Gasteiger partial charge < -0.3 is 29.9 Å². The first kappa shape index (κ1) is 23.4. The van der Waals surface area contributed by atoms with E-state index in [9.17, 15) is 14.4 Å². The van der Waals surface area contributed by atoms with Crippen LogP contribution < -0.4 is 20.1 Å². The quantitative estimate of drug-likeness (QED) is 0.632. The molecule has 0 bridgehead atoms. The Kier molecular flexibility index (Phi) is 7.20. The first-order chi connectivity index (χ1) is 16.5. The number of benzene rings is 2. The summed E-state index contributed by atoms with van der Waals surface area (Å²) in [6.07, 6.45) is 1.44. The van der Waals surface area contributed by atoms with Crippen LogP contribution >= 0.6 is 0 Å². The molecule has 0 radical (unpaired) electrons. The molecule has 0 spiro atoms. The van der Waals surface area contributed by atoms with Crippen LogP contribution in [0.15, 0.2) is 48.5 Å². The van der Waals surface area contributed by atoms with Gasteiger partial charge in [0.05, 0.1) is 19.2 Å². The topological polar surface area (TPSA) is 105 Å². The molecule has 9 nitrogen and oxygen atoms in total. The lowest BCUT2D eigenvalue weighted by Crippen LogP contribution is -2.60. The molecule has 180 valence electrons. The summed E-state index contributed by atoms with van der Waals surface area (Å²) < 4.78 is 11.1. The summed E-state index contributed by atoms with van der Waals surface area (Å²) in [5, 5.41) is 0. The third-order valence-electron chi connectivity index (χ3n) is 6.31. The average molecular weight is 467 g/mol. The SMILES string of the molecule is COc1ccc(N2CCN(C(=O)c3ccccc3OCCN3CCCC3=O)[C@@H](C(N)=O)C2)cc1. The summed E-state index contributed by atoms with van der Waals surface area (Å²) >= 11 is 0. The molecule has 0 aromatic heterocycles. The molecule has 2 aliphatic rings. The molecule has 34 heavy (non-hydrogen) atoms. The minimum atomic E-state index is -0.779. The molecule has 3 amide bonds. The van der Waals surface area contributed by atoms with Crippen LogP contribution in [-0.2, 0) is 9.59 Å². The second-order valence-electron chi connectivity index (χ2n) is 8.39. The van der Waals surface area contributed by atoms with Gasteiger partial charge in [-0.15, -0.1) is 0 Å². The zero-order valence-corrected chi connectivity index (χ0v) is 19.3. The third kappa shape index (κ3) is 5.08. The maximum absolute atomic E-state index is 13.5. The predicted molar refractivity (Wildman–Crippen MR) is 127 cm³/mol. The van der Waals surface area contributed by atoms with Gasteiger partial charge >= 0.3 is 0 Å². The molecule has 0 unspecified atom stereocenters. The van der Waals surface area contributed by atoms with E-state index in [2.05, 4.69) is 0 Å². The van der Waals surface area contributed by atoms with Crippen molar-refractivity contribution >= 4 is 23.4 Å². The Morgan fingerprint density at radius 2 is 1.82 bits per heavy atom. The van der Waals surface area contributed by atoms with Crippen molar-refractivity contribution in [3.05, 3.63) is 54.1 Å². The number of rotatable bonds is 8. The predicted octanol–water partition coefficient (Wildman–Crippen LogP) is 1.51. The minimum absolute atomic E-state index is 0.131. The van der Waals surface area contributed by atoms with Gasteiger partial charge in [0.1, 0.15) is 24.1 Å². The van der Waals surface area contributed by atoms with Crippen LogP contribution in [0.2, 0.25) is 0 Å². The lowest BCUT2D eigenvalue weighted by molar-refractivity contribution is -0.128. The van der Waals surface area contributed by atoms with Crippen molar-refractivity contribution < 1.29 is 23.9 Å². The molecule has 0 aliphatic carbocycles. The standard InChI is InChI=1S/C25H30N4O5/c1-33-19-10-8-18(9-11-19)28-13-14-29(21(17-28)24(26)31)25(32)20-5-2-3-6-22(20)34-16-15-27-12-4-7-23(27)30/h2-3,5-6,8-11,21H,4,7,12-17H2,1H3,(H2,26,31)/t21-/m1/s1. The van der Waals surface area contributed by atoms with E-state index in [1.807, 2.05) is 29.2 Å².